The normalized spacial score (nSPS) is 10.9. The maximum Gasteiger partial charge on any atom is 0.0945 e. The average molecular weight is 352 g/mol. The molecule has 0 aliphatic heterocycles. The molecule has 0 heterocycles. The number of halogens is 1. The van der Waals surface area contributed by atoms with E-state index < -0.39 is 0 Å². The van der Waals surface area contributed by atoms with Crippen molar-refractivity contribution < 1.29 is 17.7 Å². The highest BCUT2D eigenvalue weighted by atomic mass is 35.5. The lowest BCUT2D eigenvalue weighted by Gasteiger charge is -2.02. The van der Waals surface area contributed by atoms with Crippen LogP contribution in [0.1, 0.15) is 83.1 Å². The van der Waals surface area contributed by atoms with Crippen LogP contribution in [0.5, 0.6) is 0 Å². The van der Waals surface area contributed by atoms with Gasteiger partial charge in [-0.05, 0) is 24.5 Å². The van der Waals surface area contributed by atoms with E-state index in [2.05, 4.69) is 54.7 Å². The van der Waals surface area contributed by atoms with Crippen LogP contribution in [0, 0.1) is 0 Å². The molecule has 0 fully saturated rings. The van der Waals surface area contributed by atoms with E-state index in [1.54, 1.807) is 0 Å². The van der Waals surface area contributed by atoms with Gasteiger partial charge in [-0.3, -0.25) is 0 Å². The van der Waals surface area contributed by atoms with Crippen LogP contribution in [0.3, 0.4) is 0 Å². The number of unbranched alkanes of at least 4 members (excludes halogenated alkanes) is 10. The Morgan fingerprint density at radius 3 is 1.88 bits per heavy atom. The maximum absolute atomic E-state index is 2.42. The van der Waals surface area contributed by atoms with E-state index in [0.717, 1.165) is 6.54 Å². The molecule has 2 N–H and O–H groups in total. The quantitative estimate of drug-likeness (QED) is 0.468. The van der Waals surface area contributed by atoms with Gasteiger partial charge in [0.1, 0.15) is 0 Å². The fourth-order valence-corrected chi connectivity index (χ4v) is 2.94. The molecule has 0 spiro atoms. The van der Waals surface area contributed by atoms with E-state index >= 15 is 0 Å². The van der Waals surface area contributed by atoms with Crippen molar-refractivity contribution in [1.29, 1.82) is 0 Å². The Morgan fingerprint density at radius 2 is 1.29 bits per heavy atom. The Labute approximate surface area is 156 Å². The van der Waals surface area contributed by atoms with E-state index in [1.165, 1.54) is 82.7 Å². The van der Waals surface area contributed by atoms with Crippen molar-refractivity contribution in [3.8, 4) is 0 Å². The second-order valence-electron chi connectivity index (χ2n) is 6.66. The van der Waals surface area contributed by atoms with Crippen molar-refractivity contribution in [2.45, 2.75) is 77.6 Å². The Balaban J connectivity index is 0.00000529. The first kappa shape index (κ1) is 23.2. The van der Waals surface area contributed by atoms with Gasteiger partial charge in [-0.1, -0.05) is 101 Å². The van der Waals surface area contributed by atoms with Crippen molar-refractivity contribution in [1.82, 2.24) is 0 Å². The molecule has 0 radical (unpaired) electrons. The van der Waals surface area contributed by atoms with Gasteiger partial charge in [-0.25, -0.2) is 0 Å². The summed E-state index contributed by atoms with van der Waals surface area (Å²) < 4.78 is 0. The SMILES string of the molecule is CCCCCCCCCCCCC[NH2+]C/C=C/c1ccccc1.[Cl-]. The summed E-state index contributed by atoms with van der Waals surface area (Å²) in [7, 11) is 0. The summed E-state index contributed by atoms with van der Waals surface area (Å²) >= 11 is 0. The zero-order chi connectivity index (χ0) is 16.4. The molecule has 0 aliphatic carbocycles. The Bertz CT molecular complexity index is 375. The number of hydrogen-bond acceptors (Lipinski definition) is 0. The van der Waals surface area contributed by atoms with Crippen molar-refractivity contribution in [3.05, 3.63) is 42.0 Å². The monoisotopic (exact) mass is 351 g/mol. The smallest absolute Gasteiger partial charge is 0.0945 e. The van der Waals surface area contributed by atoms with Crippen LogP contribution in [0.15, 0.2) is 36.4 Å². The van der Waals surface area contributed by atoms with Gasteiger partial charge < -0.3 is 17.7 Å². The highest BCUT2D eigenvalue weighted by molar-refractivity contribution is 5.48. The highest BCUT2D eigenvalue weighted by Crippen LogP contribution is 2.10. The summed E-state index contributed by atoms with van der Waals surface area (Å²) in [6.07, 6.45) is 20.2. The van der Waals surface area contributed by atoms with Gasteiger partial charge in [-0.15, -0.1) is 0 Å². The first-order valence-electron chi connectivity index (χ1n) is 9.96. The minimum Gasteiger partial charge on any atom is -1.00 e. The van der Waals surface area contributed by atoms with Crippen molar-refractivity contribution in [2.24, 2.45) is 0 Å². The minimum atomic E-state index is 0. The van der Waals surface area contributed by atoms with Crippen LogP contribution >= 0.6 is 0 Å². The molecular weight excluding hydrogens is 314 g/mol. The molecule has 0 bridgehead atoms. The van der Waals surface area contributed by atoms with Crippen LogP contribution < -0.4 is 17.7 Å². The van der Waals surface area contributed by atoms with Crippen LogP contribution in [0.25, 0.3) is 6.08 Å². The minimum absolute atomic E-state index is 0. The summed E-state index contributed by atoms with van der Waals surface area (Å²) in [5.74, 6) is 0. The molecule has 138 valence electrons. The predicted molar refractivity (Wildman–Crippen MR) is 104 cm³/mol. The standard InChI is InChI=1S/C22H37N.ClH/c1-2-3-4-5-6-7-8-9-10-11-15-20-23-21-16-19-22-17-13-12-14-18-22;/h12-14,16-19,23H,2-11,15,20-21H2,1H3;1H/b19-16+;. The van der Waals surface area contributed by atoms with E-state index in [9.17, 15) is 0 Å². The number of nitrogens with two attached hydrogens (primary N) is 1. The molecule has 24 heavy (non-hydrogen) atoms. The van der Waals surface area contributed by atoms with E-state index in [1.807, 2.05) is 0 Å². The summed E-state index contributed by atoms with van der Waals surface area (Å²) in [5.41, 5.74) is 1.30. The van der Waals surface area contributed by atoms with Crippen molar-refractivity contribution in [2.75, 3.05) is 13.1 Å². The molecule has 0 saturated carbocycles. The topological polar surface area (TPSA) is 16.6 Å². The fraction of sp³-hybridized carbons (Fsp3) is 0.636. The average Bonchev–Trinajstić information content (AvgIpc) is 2.59. The van der Waals surface area contributed by atoms with Gasteiger partial charge in [0.2, 0.25) is 0 Å². The van der Waals surface area contributed by atoms with Gasteiger partial charge in [0.25, 0.3) is 0 Å². The maximum atomic E-state index is 2.42. The van der Waals surface area contributed by atoms with Gasteiger partial charge in [0.15, 0.2) is 0 Å². The van der Waals surface area contributed by atoms with E-state index in [4.69, 9.17) is 0 Å². The first-order valence-corrected chi connectivity index (χ1v) is 9.96. The highest BCUT2D eigenvalue weighted by Gasteiger charge is 1.94. The number of benzene rings is 1. The van der Waals surface area contributed by atoms with Gasteiger partial charge in [0, 0.05) is 0 Å². The number of quaternary nitrogens is 1. The number of rotatable bonds is 15. The molecular formula is C22H38ClN. The summed E-state index contributed by atoms with van der Waals surface area (Å²) in [6.45, 7) is 4.67. The third kappa shape index (κ3) is 14.8. The van der Waals surface area contributed by atoms with Gasteiger partial charge in [0.05, 0.1) is 13.1 Å². The number of hydrogen-bond donors (Lipinski definition) is 1. The Morgan fingerprint density at radius 1 is 0.750 bits per heavy atom. The third-order valence-electron chi connectivity index (χ3n) is 4.42. The Kier molecular flexibility index (Phi) is 17.9. The van der Waals surface area contributed by atoms with E-state index in [-0.39, 0.29) is 12.4 Å². The van der Waals surface area contributed by atoms with E-state index in [0.29, 0.717) is 0 Å². The molecule has 1 rings (SSSR count). The largest absolute Gasteiger partial charge is 1.00 e. The Hall–Kier alpha value is -0.790. The van der Waals surface area contributed by atoms with Crippen molar-refractivity contribution >= 4 is 6.08 Å². The lowest BCUT2D eigenvalue weighted by Crippen LogP contribution is -3.00. The first-order chi connectivity index (χ1) is 11.4. The summed E-state index contributed by atoms with van der Waals surface area (Å²) in [4.78, 5) is 0. The molecule has 1 aromatic rings. The van der Waals surface area contributed by atoms with Crippen LogP contribution in [0.2, 0.25) is 0 Å². The molecule has 2 heteroatoms. The second kappa shape index (κ2) is 18.5. The van der Waals surface area contributed by atoms with Gasteiger partial charge >= 0.3 is 0 Å². The zero-order valence-corrected chi connectivity index (χ0v) is 16.4. The molecule has 1 aromatic carbocycles. The van der Waals surface area contributed by atoms with Gasteiger partial charge in [-0.2, -0.15) is 0 Å². The molecule has 0 atom stereocenters. The molecule has 1 nitrogen and oxygen atoms in total. The summed E-state index contributed by atoms with van der Waals surface area (Å²) in [6, 6.07) is 10.6. The van der Waals surface area contributed by atoms with Crippen LogP contribution in [0.4, 0.5) is 0 Å². The zero-order valence-electron chi connectivity index (χ0n) is 15.7. The van der Waals surface area contributed by atoms with Crippen LogP contribution in [-0.2, 0) is 0 Å². The predicted octanol–water partition coefficient (Wildman–Crippen LogP) is 2.58. The molecule has 0 saturated heterocycles. The second-order valence-corrected chi connectivity index (χ2v) is 6.66. The van der Waals surface area contributed by atoms with Crippen molar-refractivity contribution in [3.63, 3.8) is 0 Å². The molecule has 0 aliphatic rings. The fourth-order valence-electron chi connectivity index (χ4n) is 2.94. The molecule has 0 aromatic heterocycles. The molecule has 0 unspecified atom stereocenters. The lowest BCUT2D eigenvalue weighted by atomic mass is 10.1. The molecule has 0 amide bonds. The third-order valence-corrected chi connectivity index (χ3v) is 4.42. The van der Waals surface area contributed by atoms with Crippen LogP contribution in [-0.4, -0.2) is 13.1 Å². The summed E-state index contributed by atoms with van der Waals surface area (Å²) in [5, 5.41) is 2.42. The lowest BCUT2D eigenvalue weighted by molar-refractivity contribution is -0.646.